The highest BCUT2D eigenvalue weighted by atomic mass is 16.5. The van der Waals surface area contributed by atoms with Crippen molar-refractivity contribution in [1.29, 1.82) is 0 Å². The minimum absolute atomic E-state index is 0.0694. The van der Waals surface area contributed by atoms with E-state index in [0.717, 1.165) is 5.56 Å². The third kappa shape index (κ3) is 3.29. The van der Waals surface area contributed by atoms with Gasteiger partial charge in [-0.1, -0.05) is 12.1 Å². The van der Waals surface area contributed by atoms with Crippen LogP contribution in [0.2, 0.25) is 0 Å². The minimum Gasteiger partial charge on any atom is -0.508 e. The number of hydrogen-bond donors (Lipinski definition) is 2. The molecule has 2 N–H and O–H groups in total. The van der Waals surface area contributed by atoms with Gasteiger partial charge in [0, 0.05) is 12.5 Å². The third-order valence-electron chi connectivity index (χ3n) is 3.08. The molecule has 20 heavy (non-hydrogen) atoms. The van der Waals surface area contributed by atoms with Crippen LogP contribution >= 0.6 is 0 Å². The molecule has 2 aromatic rings. The van der Waals surface area contributed by atoms with Crippen LogP contribution in [-0.4, -0.2) is 23.1 Å². The Morgan fingerprint density at radius 3 is 2.40 bits per heavy atom. The molecule has 0 unspecified atom stereocenters. The molecule has 0 spiro atoms. The van der Waals surface area contributed by atoms with Crippen molar-refractivity contribution in [3.05, 3.63) is 53.6 Å². The summed E-state index contributed by atoms with van der Waals surface area (Å²) in [7, 11) is 1.50. The average molecular weight is 272 g/mol. The number of aromatic hydroxyl groups is 2. The lowest BCUT2D eigenvalue weighted by Crippen LogP contribution is -2.02. The van der Waals surface area contributed by atoms with Gasteiger partial charge in [-0.25, -0.2) is 0 Å². The number of rotatable bonds is 5. The highest BCUT2D eigenvalue weighted by Crippen LogP contribution is 2.25. The number of carbonyl (C=O) groups excluding carboxylic acids is 1. The SMILES string of the molecule is COc1ccc(C(=O)CCc2ccc(O)cc2)c(O)c1. The van der Waals surface area contributed by atoms with Gasteiger partial charge in [-0.3, -0.25) is 4.79 Å². The predicted octanol–water partition coefficient (Wildman–Crippen LogP) is 2.92. The van der Waals surface area contributed by atoms with Crippen LogP contribution in [0.15, 0.2) is 42.5 Å². The number of aryl methyl sites for hydroxylation is 1. The standard InChI is InChI=1S/C16H16O4/c1-20-13-7-8-14(16(19)10-13)15(18)9-4-11-2-5-12(17)6-3-11/h2-3,5-8,10,17,19H,4,9H2,1H3. The van der Waals surface area contributed by atoms with E-state index < -0.39 is 0 Å². The van der Waals surface area contributed by atoms with Gasteiger partial charge in [-0.05, 0) is 36.2 Å². The lowest BCUT2D eigenvalue weighted by atomic mass is 10.0. The second-order valence-corrected chi connectivity index (χ2v) is 4.47. The van der Waals surface area contributed by atoms with Crippen LogP contribution in [-0.2, 0) is 6.42 Å². The predicted molar refractivity (Wildman–Crippen MR) is 75.4 cm³/mol. The maximum absolute atomic E-state index is 12.1. The minimum atomic E-state index is -0.127. The lowest BCUT2D eigenvalue weighted by Gasteiger charge is -2.06. The molecule has 0 radical (unpaired) electrons. The number of Topliss-reactive ketones (excluding diaryl/α,β-unsaturated/α-hetero) is 1. The molecule has 0 atom stereocenters. The number of phenols is 2. The van der Waals surface area contributed by atoms with Gasteiger partial charge in [0.05, 0.1) is 12.7 Å². The van der Waals surface area contributed by atoms with Crippen molar-refractivity contribution in [2.75, 3.05) is 7.11 Å². The quantitative estimate of drug-likeness (QED) is 0.821. The summed E-state index contributed by atoms with van der Waals surface area (Å²) in [6, 6.07) is 11.4. The van der Waals surface area contributed by atoms with Crippen molar-refractivity contribution in [3.63, 3.8) is 0 Å². The molecule has 0 saturated carbocycles. The van der Waals surface area contributed by atoms with Crippen LogP contribution in [0.5, 0.6) is 17.2 Å². The van der Waals surface area contributed by atoms with Crippen molar-refractivity contribution in [1.82, 2.24) is 0 Å². The summed E-state index contributed by atoms with van der Waals surface area (Å²) in [6.45, 7) is 0. The summed E-state index contributed by atoms with van der Waals surface area (Å²) in [5, 5.41) is 19.0. The van der Waals surface area contributed by atoms with Gasteiger partial charge in [0.25, 0.3) is 0 Å². The molecule has 0 aliphatic carbocycles. The average Bonchev–Trinajstić information content (AvgIpc) is 2.46. The van der Waals surface area contributed by atoms with E-state index in [2.05, 4.69) is 0 Å². The van der Waals surface area contributed by atoms with Gasteiger partial charge in [-0.15, -0.1) is 0 Å². The largest absolute Gasteiger partial charge is 0.508 e. The van der Waals surface area contributed by atoms with Crippen molar-refractivity contribution in [2.45, 2.75) is 12.8 Å². The molecular weight excluding hydrogens is 256 g/mol. The maximum atomic E-state index is 12.1. The van der Waals surface area contributed by atoms with Crippen LogP contribution in [0.3, 0.4) is 0 Å². The van der Waals surface area contributed by atoms with Crippen molar-refractivity contribution < 1.29 is 19.7 Å². The topological polar surface area (TPSA) is 66.8 Å². The summed E-state index contributed by atoms with van der Waals surface area (Å²) in [5.41, 5.74) is 1.26. The zero-order valence-corrected chi connectivity index (χ0v) is 11.2. The fourth-order valence-electron chi connectivity index (χ4n) is 1.93. The molecule has 4 nitrogen and oxygen atoms in total. The fourth-order valence-corrected chi connectivity index (χ4v) is 1.93. The Morgan fingerprint density at radius 1 is 1.10 bits per heavy atom. The number of methoxy groups -OCH3 is 1. The van der Waals surface area contributed by atoms with E-state index in [0.29, 0.717) is 24.2 Å². The number of carbonyl (C=O) groups is 1. The molecular formula is C16H16O4. The second kappa shape index (κ2) is 6.10. The number of benzene rings is 2. The van der Waals surface area contributed by atoms with Crippen LogP contribution in [0.25, 0.3) is 0 Å². The van der Waals surface area contributed by atoms with E-state index in [1.165, 1.54) is 13.2 Å². The van der Waals surface area contributed by atoms with Crippen molar-refractivity contribution in [2.24, 2.45) is 0 Å². The third-order valence-corrected chi connectivity index (χ3v) is 3.08. The molecule has 0 aliphatic heterocycles. The first kappa shape index (κ1) is 13.9. The zero-order valence-electron chi connectivity index (χ0n) is 11.2. The molecule has 0 aliphatic rings. The molecule has 0 aromatic heterocycles. The Morgan fingerprint density at radius 2 is 1.80 bits per heavy atom. The molecule has 2 rings (SSSR count). The van der Waals surface area contributed by atoms with Gasteiger partial charge in [-0.2, -0.15) is 0 Å². The number of ether oxygens (including phenoxy) is 1. The zero-order chi connectivity index (χ0) is 14.5. The lowest BCUT2D eigenvalue weighted by molar-refractivity contribution is 0.0980. The van der Waals surface area contributed by atoms with Gasteiger partial charge >= 0.3 is 0 Å². The van der Waals surface area contributed by atoms with E-state index >= 15 is 0 Å². The van der Waals surface area contributed by atoms with Gasteiger partial charge in [0.1, 0.15) is 17.2 Å². The Kier molecular flexibility index (Phi) is 4.25. The number of phenolic OH excluding ortho intramolecular Hbond substituents is 2. The maximum Gasteiger partial charge on any atom is 0.166 e. The molecule has 2 aromatic carbocycles. The van der Waals surface area contributed by atoms with Crippen LogP contribution in [0.4, 0.5) is 0 Å². The van der Waals surface area contributed by atoms with Crippen LogP contribution in [0.1, 0.15) is 22.3 Å². The Labute approximate surface area is 117 Å². The number of ketones is 1. The molecule has 4 heteroatoms. The molecule has 0 amide bonds. The number of hydrogen-bond acceptors (Lipinski definition) is 4. The van der Waals surface area contributed by atoms with E-state index in [-0.39, 0.29) is 17.3 Å². The summed E-state index contributed by atoms with van der Waals surface area (Å²) in [5.74, 6) is 0.517. The summed E-state index contributed by atoms with van der Waals surface area (Å²) >= 11 is 0. The highest BCUT2D eigenvalue weighted by molar-refractivity contribution is 5.98. The molecule has 0 heterocycles. The smallest absolute Gasteiger partial charge is 0.166 e. The summed E-state index contributed by atoms with van der Waals surface area (Å²) < 4.78 is 4.98. The van der Waals surface area contributed by atoms with E-state index in [1.807, 2.05) is 0 Å². The van der Waals surface area contributed by atoms with E-state index in [1.54, 1.807) is 36.4 Å². The summed E-state index contributed by atoms with van der Waals surface area (Å²) in [4.78, 5) is 12.1. The van der Waals surface area contributed by atoms with Crippen molar-refractivity contribution >= 4 is 5.78 Å². The first-order valence-electron chi connectivity index (χ1n) is 6.28. The highest BCUT2D eigenvalue weighted by Gasteiger charge is 2.12. The second-order valence-electron chi connectivity index (χ2n) is 4.47. The first-order chi connectivity index (χ1) is 9.60. The van der Waals surface area contributed by atoms with Crippen molar-refractivity contribution in [3.8, 4) is 17.2 Å². The molecule has 0 saturated heterocycles. The molecule has 0 bridgehead atoms. The Bertz CT molecular complexity index is 602. The van der Waals surface area contributed by atoms with Crippen LogP contribution < -0.4 is 4.74 Å². The van der Waals surface area contributed by atoms with Crippen LogP contribution in [0, 0.1) is 0 Å². The van der Waals surface area contributed by atoms with Gasteiger partial charge < -0.3 is 14.9 Å². The Balaban J connectivity index is 2.03. The van der Waals surface area contributed by atoms with E-state index in [9.17, 15) is 15.0 Å². The Hall–Kier alpha value is -2.49. The van der Waals surface area contributed by atoms with Gasteiger partial charge in [0.2, 0.25) is 0 Å². The molecule has 104 valence electrons. The normalized spacial score (nSPS) is 10.2. The monoisotopic (exact) mass is 272 g/mol. The van der Waals surface area contributed by atoms with Gasteiger partial charge in [0.15, 0.2) is 5.78 Å². The fraction of sp³-hybridized carbons (Fsp3) is 0.188. The molecule has 0 fully saturated rings. The first-order valence-corrected chi connectivity index (χ1v) is 6.28. The summed E-state index contributed by atoms with van der Waals surface area (Å²) in [6.07, 6.45) is 0.856. The van der Waals surface area contributed by atoms with E-state index in [4.69, 9.17) is 4.74 Å².